The third-order valence-electron chi connectivity index (χ3n) is 4.36. The van der Waals surface area contributed by atoms with Crippen LogP contribution in [0.5, 0.6) is 0 Å². The van der Waals surface area contributed by atoms with Crippen LogP contribution >= 0.6 is 0 Å². The lowest BCUT2D eigenvalue weighted by molar-refractivity contribution is -0.119. The monoisotopic (exact) mass is 298 g/mol. The highest BCUT2D eigenvalue weighted by molar-refractivity contribution is 6.23. The molecule has 3 aromatic rings. The molecule has 3 rings (SSSR count). The van der Waals surface area contributed by atoms with Crippen LogP contribution in [0.1, 0.15) is 16.7 Å². The topological polar surface area (TPSA) is 17.1 Å². The second kappa shape index (κ2) is 6.66. The molecule has 0 aliphatic heterocycles. The number of Topliss-reactive ketones (excluding diaryl/α,β-unsaturated/α-hetero) is 1. The van der Waals surface area contributed by atoms with Gasteiger partial charge in [0.1, 0.15) is 19.0 Å². The summed E-state index contributed by atoms with van der Waals surface area (Å²) in [5, 5.41) is 0. The Labute approximate surface area is 138 Å². The molecular weight excluding hydrogens is 279 g/mol. The number of carbonyl (C=O) groups excluding carboxylic acids is 1. The van der Waals surface area contributed by atoms with Crippen molar-refractivity contribution in [1.29, 1.82) is 0 Å². The molecule has 0 fully saturated rings. The van der Waals surface area contributed by atoms with Gasteiger partial charge in [0.2, 0.25) is 0 Å². The predicted octanol–water partition coefficient (Wildman–Crippen LogP) is 3.64. The smallest absolute Gasteiger partial charge is 0.144 e. The van der Waals surface area contributed by atoms with E-state index in [4.69, 9.17) is 0 Å². The maximum absolute atomic E-state index is 13.2. The molecule has 112 valence electrons. The van der Waals surface area contributed by atoms with E-state index in [0.29, 0.717) is 6.32 Å². The fraction of sp³-hybridized carbons (Fsp3) is 0.0952. The van der Waals surface area contributed by atoms with Crippen LogP contribution in [0.15, 0.2) is 91.0 Å². The minimum atomic E-state index is -0.751. The van der Waals surface area contributed by atoms with Gasteiger partial charge in [-0.25, -0.2) is 0 Å². The van der Waals surface area contributed by atoms with Gasteiger partial charge in [0.05, 0.1) is 0 Å². The van der Waals surface area contributed by atoms with Crippen molar-refractivity contribution >= 4 is 13.6 Å². The van der Waals surface area contributed by atoms with Gasteiger partial charge in [-0.15, -0.1) is 0 Å². The minimum Gasteiger partial charge on any atom is -0.299 e. The molecule has 23 heavy (non-hydrogen) atoms. The van der Waals surface area contributed by atoms with Gasteiger partial charge < -0.3 is 0 Å². The first-order valence-corrected chi connectivity index (χ1v) is 8.00. The van der Waals surface area contributed by atoms with Crippen molar-refractivity contribution in [3.05, 3.63) is 108 Å². The van der Waals surface area contributed by atoms with E-state index in [1.54, 1.807) is 0 Å². The van der Waals surface area contributed by atoms with E-state index in [-0.39, 0.29) is 5.78 Å². The van der Waals surface area contributed by atoms with Crippen molar-refractivity contribution in [2.75, 3.05) is 0 Å². The third-order valence-corrected chi connectivity index (χ3v) is 4.36. The van der Waals surface area contributed by atoms with Crippen LogP contribution in [0.25, 0.3) is 0 Å². The predicted molar refractivity (Wildman–Crippen MR) is 97.6 cm³/mol. The van der Waals surface area contributed by atoms with Gasteiger partial charge in [0.25, 0.3) is 0 Å². The van der Waals surface area contributed by atoms with E-state index in [1.165, 1.54) is 0 Å². The Morgan fingerprint density at radius 1 is 0.652 bits per heavy atom. The van der Waals surface area contributed by atoms with Crippen molar-refractivity contribution in [3.63, 3.8) is 0 Å². The van der Waals surface area contributed by atoms with Crippen LogP contribution in [0.3, 0.4) is 0 Å². The van der Waals surface area contributed by atoms with Gasteiger partial charge in [-0.05, 0) is 23.0 Å². The number of rotatable bonds is 5. The summed E-state index contributed by atoms with van der Waals surface area (Å²) in [5.41, 5.74) is 2.30. The summed E-state index contributed by atoms with van der Waals surface area (Å²) in [7, 11) is 1.94. The van der Waals surface area contributed by atoms with Crippen molar-refractivity contribution in [2.24, 2.45) is 0 Å². The third kappa shape index (κ3) is 2.61. The van der Waals surface area contributed by atoms with Crippen LogP contribution in [-0.4, -0.2) is 13.6 Å². The van der Waals surface area contributed by atoms with Gasteiger partial charge in [-0.2, -0.15) is 0 Å². The molecule has 0 saturated heterocycles. The second-order valence-electron chi connectivity index (χ2n) is 5.62. The summed E-state index contributed by atoms with van der Waals surface area (Å²) in [6, 6.07) is 30.2. The zero-order chi connectivity index (χ0) is 16.1. The molecule has 0 aliphatic rings. The fourth-order valence-corrected chi connectivity index (χ4v) is 3.31. The lowest BCUT2D eigenvalue weighted by Gasteiger charge is -2.34. The number of hydrogen-bond acceptors (Lipinski definition) is 1. The molecule has 2 heteroatoms. The van der Waals surface area contributed by atoms with Gasteiger partial charge >= 0.3 is 0 Å². The second-order valence-corrected chi connectivity index (χ2v) is 5.62. The molecule has 0 aliphatic carbocycles. The molecular formula is C21H19BO. The Kier molecular flexibility index (Phi) is 4.43. The molecule has 0 saturated carbocycles. The molecule has 0 aromatic heterocycles. The average molecular weight is 298 g/mol. The van der Waals surface area contributed by atoms with Crippen LogP contribution in [0.4, 0.5) is 0 Å². The lowest BCUT2D eigenvalue weighted by Crippen LogP contribution is -2.38. The Morgan fingerprint density at radius 3 is 1.22 bits per heavy atom. The SMILES string of the molecule is BCC(=O)C(c1ccccc1)(c1ccccc1)c1ccccc1. The lowest BCUT2D eigenvalue weighted by atomic mass is 9.64. The molecule has 0 N–H and O–H groups in total. The first kappa shape index (κ1) is 15.3. The largest absolute Gasteiger partial charge is 0.299 e. The van der Waals surface area contributed by atoms with Crippen molar-refractivity contribution in [3.8, 4) is 0 Å². The maximum atomic E-state index is 13.2. The van der Waals surface area contributed by atoms with Crippen LogP contribution < -0.4 is 0 Å². The van der Waals surface area contributed by atoms with E-state index in [9.17, 15) is 4.79 Å². The molecule has 0 spiro atoms. The quantitative estimate of drug-likeness (QED) is 0.519. The van der Waals surface area contributed by atoms with E-state index in [0.717, 1.165) is 16.7 Å². The zero-order valence-corrected chi connectivity index (χ0v) is 13.3. The van der Waals surface area contributed by atoms with Gasteiger partial charge in [0, 0.05) is 0 Å². The van der Waals surface area contributed by atoms with E-state index in [2.05, 4.69) is 0 Å². The van der Waals surface area contributed by atoms with Crippen LogP contribution in [-0.2, 0) is 10.2 Å². The fourth-order valence-electron chi connectivity index (χ4n) is 3.31. The molecule has 0 radical (unpaired) electrons. The number of hydrogen-bond donors (Lipinski definition) is 0. The number of carbonyl (C=O) groups is 1. The highest BCUT2D eigenvalue weighted by Crippen LogP contribution is 2.40. The normalized spacial score (nSPS) is 11.1. The van der Waals surface area contributed by atoms with Crippen molar-refractivity contribution in [2.45, 2.75) is 11.7 Å². The molecule has 0 amide bonds. The first-order valence-electron chi connectivity index (χ1n) is 8.00. The summed E-state index contributed by atoms with van der Waals surface area (Å²) in [5.74, 6) is 0.209. The van der Waals surface area contributed by atoms with Crippen molar-refractivity contribution in [1.82, 2.24) is 0 Å². The summed E-state index contributed by atoms with van der Waals surface area (Å²) >= 11 is 0. The highest BCUT2D eigenvalue weighted by atomic mass is 16.1. The van der Waals surface area contributed by atoms with Crippen molar-refractivity contribution < 1.29 is 4.79 Å². The Hall–Kier alpha value is -2.61. The summed E-state index contributed by atoms with van der Waals surface area (Å²) in [6.45, 7) is 0. The Balaban J connectivity index is 2.38. The Morgan fingerprint density at radius 2 is 0.957 bits per heavy atom. The molecule has 3 aromatic carbocycles. The standard InChI is InChI=1S/C21H19BO/c22-16-20(23)21(17-10-4-1-5-11-17,18-12-6-2-7-13-18)19-14-8-3-9-15-19/h1-15H,16,22H2. The van der Waals surface area contributed by atoms with Crippen LogP contribution in [0.2, 0.25) is 6.32 Å². The summed E-state index contributed by atoms with van der Waals surface area (Å²) in [4.78, 5) is 13.2. The van der Waals surface area contributed by atoms with E-state index in [1.807, 2.05) is 98.8 Å². The summed E-state index contributed by atoms with van der Waals surface area (Å²) in [6.07, 6.45) is 0.485. The van der Waals surface area contributed by atoms with E-state index >= 15 is 0 Å². The zero-order valence-electron chi connectivity index (χ0n) is 13.3. The minimum absolute atomic E-state index is 0.209. The van der Waals surface area contributed by atoms with Gasteiger partial charge in [-0.1, -0.05) is 91.0 Å². The molecule has 0 heterocycles. The molecule has 1 nitrogen and oxygen atoms in total. The van der Waals surface area contributed by atoms with E-state index < -0.39 is 5.41 Å². The average Bonchev–Trinajstić information content (AvgIpc) is 2.65. The molecule has 0 unspecified atom stereocenters. The molecule has 0 bridgehead atoms. The number of ketones is 1. The first-order chi connectivity index (χ1) is 11.3. The van der Waals surface area contributed by atoms with Gasteiger partial charge in [-0.3, -0.25) is 4.79 Å². The highest BCUT2D eigenvalue weighted by Gasteiger charge is 2.41. The Bertz CT molecular complexity index is 670. The maximum Gasteiger partial charge on any atom is 0.144 e. The summed E-state index contributed by atoms with van der Waals surface area (Å²) < 4.78 is 0. The number of benzene rings is 3. The molecule has 0 atom stereocenters. The van der Waals surface area contributed by atoms with Crippen LogP contribution in [0, 0.1) is 0 Å². The van der Waals surface area contributed by atoms with Gasteiger partial charge in [0.15, 0.2) is 0 Å².